The Morgan fingerprint density at radius 3 is 2.10 bits per heavy atom. The largest absolute Gasteiger partial charge is 0.344 e. The fourth-order valence-corrected chi connectivity index (χ4v) is 8.36. The normalized spacial score (nSPS) is 20.4. The highest BCUT2D eigenvalue weighted by molar-refractivity contribution is 6.08. The molecule has 2 nitrogen and oxygen atoms in total. The third kappa shape index (κ3) is 3.51. The fourth-order valence-electron chi connectivity index (χ4n) is 8.36. The summed E-state index contributed by atoms with van der Waals surface area (Å²) in [6.07, 6.45) is 13.7. The van der Waals surface area contributed by atoms with Gasteiger partial charge in [-0.2, -0.15) is 4.58 Å². The lowest BCUT2D eigenvalue weighted by Crippen LogP contribution is -2.36. The summed E-state index contributed by atoms with van der Waals surface area (Å²) >= 11 is 0. The van der Waals surface area contributed by atoms with E-state index in [1.807, 2.05) is 0 Å². The van der Waals surface area contributed by atoms with Gasteiger partial charge in [0.25, 0.3) is 0 Å². The highest BCUT2D eigenvalue weighted by atomic mass is 15.2. The first kappa shape index (κ1) is 25.3. The van der Waals surface area contributed by atoms with E-state index < -0.39 is 0 Å². The van der Waals surface area contributed by atoms with E-state index in [2.05, 4.69) is 128 Å². The van der Waals surface area contributed by atoms with E-state index in [0.29, 0.717) is 0 Å². The van der Waals surface area contributed by atoms with E-state index in [4.69, 9.17) is 0 Å². The smallest absolute Gasteiger partial charge is 0.210 e. The summed E-state index contributed by atoms with van der Waals surface area (Å²) in [5.74, 6) is 0. The van der Waals surface area contributed by atoms with Crippen LogP contribution in [0.2, 0.25) is 0 Å². The van der Waals surface area contributed by atoms with Crippen molar-refractivity contribution in [3.05, 3.63) is 108 Å². The molecule has 0 unspecified atom stereocenters. The first-order chi connectivity index (χ1) is 19.5. The van der Waals surface area contributed by atoms with E-state index in [1.165, 1.54) is 82.0 Å². The lowest BCUT2D eigenvalue weighted by atomic mass is 9.66. The van der Waals surface area contributed by atoms with Crippen LogP contribution in [0.1, 0.15) is 70.9 Å². The minimum absolute atomic E-state index is 0.0664. The predicted octanol–water partition coefficient (Wildman–Crippen LogP) is 9.57. The lowest BCUT2D eigenvalue weighted by Gasteiger charge is -2.32. The maximum atomic E-state index is 2.61. The van der Waals surface area contributed by atoms with Gasteiger partial charge in [0.2, 0.25) is 5.69 Å². The average molecular weight is 526 g/mol. The Balaban J connectivity index is 1.36. The summed E-state index contributed by atoms with van der Waals surface area (Å²) in [6, 6.07) is 27.2. The van der Waals surface area contributed by atoms with Gasteiger partial charge in [-0.3, -0.25) is 0 Å². The number of fused-ring (bicyclic) bond motifs is 7. The Morgan fingerprint density at radius 2 is 1.43 bits per heavy atom. The first-order valence-corrected chi connectivity index (χ1v) is 15.4. The Kier molecular flexibility index (Phi) is 6.00. The highest BCUT2D eigenvalue weighted by Gasteiger charge is 2.52. The van der Waals surface area contributed by atoms with Crippen LogP contribution < -0.4 is 4.90 Å². The number of hydrogen-bond donors (Lipinski definition) is 0. The third-order valence-electron chi connectivity index (χ3n) is 10.1. The number of rotatable bonds is 4. The van der Waals surface area contributed by atoms with Crippen molar-refractivity contribution in [3.63, 3.8) is 0 Å². The standard InChI is InChI=1S/C38H41N2/c1-5-39-31-23-21-27-15-8-10-17-29(27)35(31)37(3,4)33(39)19-14-20-34-38(25-12-7-13-26-38)36-30-18-11-9-16-28(30)22-24-32(36)40(34)6-2/h8-11,14-24H,5-7,12-13,25-26H2,1-4H3/q+1. The van der Waals surface area contributed by atoms with Crippen LogP contribution in [0.5, 0.6) is 0 Å². The average Bonchev–Trinajstić information content (AvgIpc) is 3.37. The van der Waals surface area contributed by atoms with Gasteiger partial charge in [0.15, 0.2) is 5.71 Å². The quantitative estimate of drug-likeness (QED) is 0.240. The second-order valence-corrected chi connectivity index (χ2v) is 12.4. The summed E-state index contributed by atoms with van der Waals surface area (Å²) in [5, 5.41) is 5.51. The maximum Gasteiger partial charge on any atom is 0.210 e. The molecular formula is C38H41N2+. The van der Waals surface area contributed by atoms with Crippen molar-refractivity contribution in [2.24, 2.45) is 0 Å². The molecule has 0 bridgehead atoms. The van der Waals surface area contributed by atoms with E-state index in [1.54, 1.807) is 5.56 Å². The van der Waals surface area contributed by atoms with Gasteiger partial charge in [0, 0.05) is 41.1 Å². The molecule has 1 fully saturated rings. The van der Waals surface area contributed by atoms with Crippen molar-refractivity contribution < 1.29 is 4.58 Å². The summed E-state index contributed by atoms with van der Waals surface area (Å²) < 4.78 is 2.61. The van der Waals surface area contributed by atoms with Crippen molar-refractivity contribution in [2.45, 2.75) is 70.6 Å². The molecule has 1 aliphatic carbocycles. The van der Waals surface area contributed by atoms with Crippen LogP contribution in [0, 0.1) is 0 Å². The van der Waals surface area contributed by atoms with Crippen molar-refractivity contribution >= 4 is 38.6 Å². The van der Waals surface area contributed by atoms with Gasteiger partial charge < -0.3 is 4.90 Å². The molecule has 1 spiro atoms. The zero-order chi connectivity index (χ0) is 27.5. The number of benzene rings is 4. The molecule has 0 radical (unpaired) electrons. The fraction of sp³-hybridized carbons (Fsp3) is 0.342. The Morgan fingerprint density at radius 1 is 0.775 bits per heavy atom. The molecule has 0 amide bonds. The van der Waals surface area contributed by atoms with E-state index in [9.17, 15) is 0 Å². The number of anilines is 1. The number of hydrogen-bond acceptors (Lipinski definition) is 1. The first-order valence-electron chi connectivity index (χ1n) is 15.4. The third-order valence-corrected chi connectivity index (χ3v) is 10.1. The van der Waals surface area contributed by atoms with Crippen LogP contribution in [-0.2, 0) is 10.8 Å². The molecule has 2 aliphatic heterocycles. The molecule has 40 heavy (non-hydrogen) atoms. The minimum Gasteiger partial charge on any atom is -0.344 e. The minimum atomic E-state index is -0.0664. The maximum absolute atomic E-state index is 2.61. The summed E-state index contributed by atoms with van der Waals surface area (Å²) in [6.45, 7) is 11.4. The second kappa shape index (κ2) is 9.47. The summed E-state index contributed by atoms with van der Waals surface area (Å²) in [7, 11) is 0. The molecular weight excluding hydrogens is 484 g/mol. The lowest BCUT2D eigenvalue weighted by molar-refractivity contribution is -0.433. The topological polar surface area (TPSA) is 6.25 Å². The van der Waals surface area contributed by atoms with Gasteiger partial charge in [-0.15, -0.1) is 0 Å². The highest BCUT2D eigenvalue weighted by Crippen LogP contribution is 2.53. The SMILES string of the molecule is CCN1C(=CC=CC2=[N+](CC)c3ccc4ccccc4c3C23CCCCC3)C(C)(C)c2c1ccc1ccccc21. The molecule has 0 N–H and O–H groups in total. The molecule has 2 heteroatoms. The Hall–Kier alpha value is -3.65. The molecule has 0 atom stereocenters. The number of likely N-dealkylation sites (N-methyl/N-ethyl adjacent to an activating group) is 1. The van der Waals surface area contributed by atoms with Gasteiger partial charge in [0.05, 0.1) is 5.41 Å². The molecule has 1 saturated carbocycles. The van der Waals surface area contributed by atoms with Gasteiger partial charge in [-0.25, -0.2) is 0 Å². The van der Waals surface area contributed by atoms with E-state index >= 15 is 0 Å². The molecule has 0 aromatic heterocycles. The predicted molar refractivity (Wildman–Crippen MR) is 171 cm³/mol. The zero-order valence-electron chi connectivity index (χ0n) is 24.5. The zero-order valence-corrected chi connectivity index (χ0v) is 24.5. The molecule has 0 saturated heterocycles. The van der Waals surface area contributed by atoms with Crippen molar-refractivity contribution in [2.75, 3.05) is 18.0 Å². The molecule has 7 rings (SSSR count). The van der Waals surface area contributed by atoms with Crippen LogP contribution in [0.4, 0.5) is 11.4 Å². The monoisotopic (exact) mass is 525 g/mol. The Bertz CT molecular complexity index is 1730. The summed E-state index contributed by atoms with van der Waals surface area (Å²) in [5.41, 5.74) is 8.74. The molecule has 4 aromatic carbocycles. The summed E-state index contributed by atoms with van der Waals surface area (Å²) in [4.78, 5) is 2.53. The van der Waals surface area contributed by atoms with Gasteiger partial charge >= 0.3 is 0 Å². The Labute approximate surface area is 239 Å². The van der Waals surface area contributed by atoms with Gasteiger partial charge in [0.1, 0.15) is 6.54 Å². The molecule has 2 heterocycles. The van der Waals surface area contributed by atoms with Crippen LogP contribution in [0.15, 0.2) is 96.7 Å². The van der Waals surface area contributed by atoms with Crippen molar-refractivity contribution in [3.8, 4) is 0 Å². The molecule has 3 aliphatic rings. The van der Waals surface area contributed by atoms with Crippen LogP contribution in [0.3, 0.4) is 0 Å². The van der Waals surface area contributed by atoms with E-state index in [0.717, 1.165) is 13.1 Å². The number of nitrogens with zero attached hydrogens (tertiary/aromatic N) is 2. The van der Waals surface area contributed by atoms with Crippen molar-refractivity contribution in [1.82, 2.24) is 0 Å². The van der Waals surface area contributed by atoms with E-state index in [-0.39, 0.29) is 10.8 Å². The number of allylic oxidation sites excluding steroid dienone is 4. The van der Waals surface area contributed by atoms with Crippen LogP contribution in [0.25, 0.3) is 21.5 Å². The van der Waals surface area contributed by atoms with Crippen LogP contribution >= 0.6 is 0 Å². The molecule has 202 valence electrons. The van der Waals surface area contributed by atoms with Crippen molar-refractivity contribution in [1.29, 1.82) is 0 Å². The van der Waals surface area contributed by atoms with Gasteiger partial charge in [-0.1, -0.05) is 93.8 Å². The second-order valence-electron chi connectivity index (χ2n) is 12.4. The molecule has 4 aromatic rings. The van der Waals surface area contributed by atoms with Gasteiger partial charge in [-0.05, 0) is 72.0 Å². The van der Waals surface area contributed by atoms with Crippen LogP contribution in [-0.4, -0.2) is 23.4 Å².